The van der Waals surface area contributed by atoms with Crippen LogP contribution >= 0.6 is 0 Å². The number of aromatic nitrogens is 1. The van der Waals surface area contributed by atoms with E-state index < -0.39 is 0 Å². The molecular weight excluding hydrogens is 294 g/mol. The van der Waals surface area contributed by atoms with Gasteiger partial charge in [-0.25, -0.2) is 0 Å². The van der Waals surface area contributed by atoms with Crippen molar-refractivity contribution in [3.63, 3.8) is 0 Å². The maximum atomic E-state index is 3.77. The number of nitrogens with zero attached hydrogens (tertiary/aromatic N) is 1. The van der Waals surface area contributed by atoms with Crippen molar-refractivity contribution in [2.24, 2.45) is 0 Å². The number of aryl methyl sites for hydroxylation is 1. The Balaban J connectivity index is 1.36. The smallest absolute Gasteiger partial charge is 0.0480 e. The predicted molar refractivity (Wildman–Crippen MR) is 101 cm³/mol. The highest BCUT2D eigenvalue weighted by atomic mass is 15.0. The molecule has 124 valence electrons. The van der Waals surface area contributed by atoms with Gasteiger partial charge in [0.15, 0.2) is 0 Å². The molecule has 0 fully saturated rings. The van der Waals surface area contributed by atoms with Crippen LogP contribution in [-0.2, 0) is 6.54 Å². The highest BCUT2D eigenvalue weighted by Crippen LogP contribution is 2.29. The summed E-state index contributed by atoms with van der Waals surface area (Å²) in [6.07, 6.45) is 5.77. The Labute approximate surface area is 143 Å². The second-order valence-electron chi connectivity index (χ2n) is 6.58. The van der Waals surface area contributed by atoms with E-state index in [9.17, 15) is 0 Å². The zero-order valence-corrected chi connectivity index (χ0v) is 14.0. The summed E-state index contributed by atoms with van der Waals surface area (Å²) in [5, 5.41) is 8.65. The summed E-state index contributed by atoms with van der Waals surface area (Å²) in [6.45, 7) is 3.18. The monoisotopic (exact) mass is 319 g/mol. The van der Waals surface area contributed by atoms with Crippen molar-refractivity contribution < 1.29 is 0 Å². The van der Waals surface area contributed by atoms with E-state index in [2.05, 4.69) is 76.0 Å². The number of para-hydroxylation sites is 2. The summed E-state index contributed by atoms with van der Waals surface area (Å²) in [7, 11) is 0. The molecule has 0 amide bonds. The largest absolute Gasteiger partial charge is 0.385 e. The number of hydrogen-bond donors (Lipinski definition) is 2. The van der Waals surface area contributed by atoms with Gasteiger partial charge in [-0.15, -0.1) is 0 Å². The van der Waals surface area contributed by atoms with E-state index in [1.807, 2.05) is 0 Å². The first-order valence-corrected chi connectivity index (χ1v) is 9.02. The van der Waals surface area contributed by atoms with Crippen LogP contribution in [0, 0.1) is 0 Å². The third-order valence-electron chi connectivity index (χ3n) is 4.97. The maximum absolute atomic E-state index is 3.77. The molecule has 0 spiro atoms. The van der Waals surface area contributed by atoms with E-state index in [1.54, 1.807) is 0 Å². The molecule has 0 radical (unpaired) electrons. The molecule has 1 aliphatic rings. The van der Waals surface area contributed by atoms with Crippen LogP contribution in [0.25, 0.3) is 10.9 Å². The quantitative estimate of drug-likeness (QED) is 0.675. The Bertz CT molecular complexity index is 805. The molecule has 4 rings (SSSR count). The lowest BCUT2D eigenvalue weighted by molar-refractivity contribution is 0.478. The second-order valence-corrected chi connectivity index (χ2v) is 6.58. The van der Waals surface area contributed by atoms with Gasteiger partial charge in [0, 0.05) is 36.5 Å². The number of benzene rings is 2. The number of hydrogen-bond acceptors (Lipinski definition) is 2. The Hall–Kier alpha value is -2.26. The second kappa shape index (κ2) is 7.10. The Morgan fingerprint density at radius 3 is 2.92 bits per heavy atom. The van der Waals surface area contributed by atoms with Crippen LogP contribution in [0.15, 0.2) is 60.8 Å². The van der Waals surface area contributed by atoms with Crippen molar-refractivity contribution in [1.29, 1.82) is 0 Å². The summed E-state index contributed by atoms with van der Waals surface area (Å²) in [6, 6.07) is 20.0. The molecule has 3 aromatic rings. The lowest BCUT2D eigenvalue weighted by Gasteiger charge is -2.19. The molecule has 3 nitrogen and oxygen atoms in total. The van der Waals surface area contributed by atoms with Crippen molar-refractivity contribution in [1.82, 2.24) is 9.88 Å². The molecule has 2 aromatic carbocycles. The van der Waals surface area contributed by atoms with Gasteiger partial charge in [0.05, 0.1) is 0 Å². The van der Waals surface area contributed by atoms with Gasteiger partial charge in [-0.3, -0.25) is 0 Å². The van der Waals surface area contributed by atoms with Gasteiger partial charge >= 0.3 is 0 Å². The lowest BCUT2D eigenvalue weighted by Crippen LogP contribution is -2.23. The van der Waals surface area contributed by atoms with E-state index in [4.69, 9.17) is 0 Å². The maximum Gasteiger partial charge on any atom is 0.0480 e. The molecule has 24 heavy (non-hydrogen) atoms. The van der Waals surface area contributed by atoms with Gasteiger partial charge in [-0.1, -0.05) is 36.4 Å². The van der Waals surface area contributed by atoms with Crippen LogP contribution in [0.1, 0.15) is 30.9 Å². The molecule has 2 N–H and O–H groups in total. The first-order chi connectivity index (χ1) is 11.9. The number of anilines is 1. The molecule has 0 saturated carbocycles. The molecule has 0 bridgehead atoms. The van der Waals surface area contributed by atoms with Crippen molar-refractivity contribution >= 4 is 16.6 Å². The SMILES string of the molecule is c1ccc2c(c1)NCCCC2NCCCn1ccc2ccccc21. The molecule has 0 aliphatic carbocycles. The summed E-state index contributed by atoms with van der Waals surface area (Å²) in [5.41, 5.74) is 4.05. The predicted octanol–water partition coefficient (Wildman–Crippen LogP) is 4.57. The fourth-order valence-electron chi connectivity index (χ4n) is 3.72. The number of fused-ring (bicyclic) bond motifs is 2. The molecule has 0 saturated heterocycles. The van der Waals surface area contributed by atoms with Crippen LogP contribution < -0.4 is 10.6 Å². The van der Waals surface area contributed by atoms with Crippen molar-refractivity contribution in [3.05, 3.63) is 66.4 Å². The standard InChI is InChI=1S/C21H25N3/c1-4-11-21-17(7-1)12-16-24(21)15-6-14-23-20-10-5-13-22-19-9-3-2-8-18(19)20/h1-4,7-9,11-12,16,20,22-23H,5-6,10,13-15H2. The van der Waals surface area contributed by atoms with Crippen LogP contribution in [-0.4, -0.2) is 17.7 Å². The molecule has 2 heterocycles. The minimum Gasteiger partial charge on any atom is -0.385 e. The molecule has 1 atom stereocenters. The van der Waals surface area contributed by atoms with E-state index in [0.29, 0.717) is 6.04 Å². The van der Waals surface area contributed by atoms with E-state index >= 15 is 0 Å². The average molecular weight is 319 g/mol. The minimum atomic E-state index is 0.470. The van der Waals surface area contributed by atoms with Crippen LogP contribution in [0.3, 0.4) is 0 Å². The van der Waals surface area contributed by atoms with Crippen LogP contribution in [0.4, 0.5) is 5.69 Å². The van der Waals surface area contributed by atoms with Crippen molar-refractivity contribution in [2.75, 3.05) is 18.4 Å². The van der Waals surface area contributed by atoms with Gasteiger partial charge in [0.2, 0.25) is 0 Å². The molecule has 1 aliphatic heterocycles. The number of nitrogens with one attached hydrogen (secondary N) is 2. The molecular formula is C21H25N3. The van der Waals surface area contributed by atoms with Crippen molar-refractivity contribution in [2.45, 2.75) is 31.8 Å². The molecule has 1 unspecified atom stereocenters. The van der Waals surface area contributed by atoms with Gasteiger partial charge in [0.1, 0.15) is 0 Å². The van der Waals surface area contributed by atoms with Gasteiger partial charge in [-0.05, 0) is 55.0 Å². The van der Waals surface area contributed by atoms with Crippen LogP contribution in [0.2, 0.25) is 0 Å². The summed E-state index contributed by atoms with van der Waals surface area (Å²) < 4.78 is 2.36. The Morgan fingerprint density at radius 2 is 1.92 bits per heavy atom. The van der Waals surface area contributed by atoms with Crippen molar-refractivity contribution in [3.8, 4) is 0 Å². The van der Waals surface area contributed by atoms with E-state index in [1.165, 1.54) is 35.0 Å². The molecule has 3 heteroatoms. The normalized spacial score (nSPS) is 17.2. The third kappa shape index (κ3) is 3.17. The Kier molecular flexibility index (Phi) is 4.52. The van der Waals surface area contributed by atoms with Gasteiger partial charge < -0.3 is 15.2 Å². The number of rotatable bonds is 5. The van der Waals surface area contributed by atoms with Gasteiger partial charge in [0.25, 0.3) is 0 Å². The topological polar surface area (TPSA) is 29.0 Å². The third-order valence-corrected chi connectivity index (χ3v) is 4.97. The average Bonchev–Trinajstić information content (AvgIpc) is 2.92. The highest BCUT2D eigenvalue weighted by molar-refractivity contribution is 5.79. The minimum absolute atomic E-state index is 0.470. The van der Waals surface area contributed by atoms with Gasteiger partial charge in [-0.2, -0.15) is 0 Å². The highest BCUT2D eigenvalue weighted by Gasteiger charge is 2.17. The first-order valence-electron chi connectivity index (χ1n) is 9.02. The summed E-state index contributed by atoms with van der Waals surface area (Å²) in [5.74, 6) is 0. The lowest BCUT2D eigenvalue weighted by atomic mass is 10.0. The van der Waals surface area contributed by atoms with E-state index in [-0.39, 0.29) is 0 Å². The summed E-state index contributed by atoms with van der Waals surface area (Å²) in [4.78, 5) is 0. The first kappa shape index (κ1) is 15.3. The Morgan fingerprint density at radius 1 is 1.04 bits per heavy atom. The van der Waals surface area contributed by atoms with Crippen LogP contribution in [0.5, 0.6) is 0 Å². The summed E-state index contributed by atoms with van der Waals surface area (Å²) >= 11 is 0. The van der Waals surface area contributed by atoms with E-state index in [0.717, 1.165) is 26.1 Å². The zero-order chi connectivity index (χ0) is 16.2. The fraction of sp³-hybridized carbons (Fsp3) is 0.333. The molecule has 1 aromatic heterocycles. The fourth-order valence-corrected chi connectivity index (χ4v) is 3.72. The zero-order valence-electron chi connectivity index (χ0n) is 14.0.